The Morgan fingerprint density at radius 2 is 1.92 bits per heavy atom. The zero-order chi connectivity index (χ0) is 18.2. The molecule has 0 aromatic heterocycles. The number of nitrogens with zero attached hydrogens (tertiary/aromatic N) is 3. The lowest BCUT2D eigenvalue weighted by Gasteiger charge is -2.33. The Labute approximate surface area is 152 Å². The number of carbonyl (C=O) groups excluding carboxylic acids is 1. The van der Waals surface area contributed by atoms with E-state index in [4.69, 9.17) is 0 Å². The molecule has 1 aliphatic heterocycles. The third-order valence-electron chi connectivity index (χ3n) is 4.81. The molecule has 1 saturated heterocycles. The first-order valence-electron chi connectivity index (χ1n) is 9.25. The third-order valence-corrected chi connectivity index (χ3v) is 4.81. The lowest BCUT2D eigenvalue weighted by atomic mass is 10.1. The molecule has 0 spiro atoms. The number of benzene rings is 1. The average molecular weight is 348 g/mol. The van der Waals surface area contributed by atoms with Gasteiger partial charge in [0.05, 0.1) is 11.4 Å². The number of hydrogen-bond donors (Lipinski definition) is 2. The largest absolute Gasteiger partial charge is 0.373 e. The number of anilines is 2. The molecule has 6 nitrogen and oxygen atoms in total. The highest BCUT2D eigenvalue weighted by molar-refractivity contribution is 5.93. The van der Waals surface area contributed by atoms with Gasteiger partial charge in [0.1, 0.15) is 0 Å². The van der Waals surface area contributed by atoms with Crippen molar-refractivity contribution in [2.75, 3.05) is 70.1 Å². The smallest absolute Gasteiger partial charge is 0.319 e. The third kappa shape index (κ3) is 6.21. The van der Waals surface area contributed by atoms with Gasteiger partial charge in [0.2, 0.25) is 0 Å². The van der Waals surface area contributed by atoms with E-state index in [1.54, 1.807) is 0 Å². The Bertz CT molecular complexity index is 542. The van der Waals surface area contributed by atoms with Crippen molar-refractivity contribution < 1.29 is 4.79 Å². The maximum atomic E-state index is 12.3. The van der Waals surface area contributed by atoms with Crippen molar-refractivity contribution in [1.82, 2.24) is 15.1 Å². The zero-order valence-corrected chi connectivity index (χ0v) is 16.1. The Balaban J connectivity index is 1.77. The molecule has 1 aliphatic rings. The van der Waals surface area contributed by atoms with Gasteiger partial charge in [-0.3, -0.25) is 0 Å². The molecule has 25 heavy (non-hydrogen) atoms. The molecular weight excluding hydrogens is 314 g/mol. The Hall–Kier alpha value is -1.79. The molecule has 6 heteroatoms. The van der Waals surface area contributed by atoms with E-state index in [0.717, 1.165) is 50.6 Å². The van der Waals surface area contributed by atoms with Gasteiger partial charge < -0.3 is 25.3 Å². The highest BCUT2D eigenvalue weighted by Crippen LogP contribution is 2.24. The average Bonchev–Trinajstić information content (AvgIpc) is 2.62. The van der Waals surface area contributed by atoms with Crippen LogP contribution in [0.3, 0.4) is 0 Å². The maximum absolute atomic E-state index is 12.3. The van der Waals surface area contributed by atoms with Crippen LogP contribution in [0.25, 0.3) is 0 Å². The van der Waals surface area contributed by atoms with Crippen LogP contribution in [-0.2, 0) is 0 Å². The molecule has 1 aromatic carbocycles. The summed E-state index contributed by atoms with van der Waals surface area (Å²) in [7, 11) is 4.19. The van der Waals surface area contributed by atoms with E-state index in [1.807, 2.05) is 31.3 Å². The number of para-hydroxylation sites is 2. The van der Waals surface area contributed by atoms with Crippen LogP contribution in [0, 0.1) is 5.92 Å². The topological polar surface area (TPSA) is 50.9 Å². The number of carbonyl (C=O) groups is 1. The first kappa shape index (κ1) is 19.5. The van der Waals surface area contributed by atoms with Gasteiger partial charge in [0, 0.05) is 52.9 Å². The summed E-state index contributed by atoms with van der Waals surface area (Å²) >= 11 is 0. The number of likely N-dealkylation sites (N-methyl/N-ethyl adjacent to an activating group) is 1. The fourth-order valence-electron chi connectivity index (χ4n) is 3.05. The highest BCUT2D eigenvalue weighted by Gasteiger charge is 2.16. The van der Waals surface area contributed by atoms with Crippen molar-refractivity contribution in [3.8, 4) is 0 Å². The molecule has 0 radical (unpaired) electrons. The summed E-state index contributed by atoms with van der Waals surface area (Å²) in [6, 6.07) is 7.76. The first-order chi connectivity index (χ1) is 12.0. The monoisotopic (exact) mass is 347 g/mol. The second-order valence-corrected chi connectivity index (χ2v) is 7.08. The van der Waals surface area contributed by atoms with E-state index < -0.39 is 0 Å². The van der Waals surface area contributed by atoms with E-state index >= 15 is 0 Å². The van der Waals surface area contributed by atoms with Crippen molar-refractivity contribution >= 4 is 17.4 Å². The maximum Gasteiger partial charge on any atom is 0.319 e. The van der Waals surface area contributed by atoms with E-state index in [1.165, 1.54) is 0 Å². The fraction of sp³-hybridized carbons (Fsp3) is 0.632. The molecule has 0 bridgehead atoms. The minimum Gasteiger partial charge on any atom is -0.373 e. The van der Waals surface area contributed by atoms with Crippen LogP contribution < -0.4 is 15.5 Å². The van der Waals surface area contributed by atoms with E-state index in [0.29, 0.717) is 12.5 Å². The molecule has 2 rings (SSSR count). The van der Waals surface area contributed by atoms with Crippen LogP contribution >= 0.6 is 0 Å². The van der Waals surface area contributed by atoms with Gasteiger partial charge in [-0.15, -0.1) is 0 Å². The number of rotatable bonds is 7. The number of piperazine rings is 1. The van der Waals surface area contributed by atoms with Gasteiger partial charge in [-0.1, -0.05) is 19.1 Å². The van der Waals surface area contributed by atoms with Crippen LogP contribution in [0.5, 0.6) is 0 Å². The number of urea groups is 1. The summed E-state index contributed by atoms with van der Waals surface area (Å²) in [4.78, 5) is 19.2. The SMILES string of the molecule is CCN(C)c1ccccc1NC(=O)NC[C@@H](C)CN1CCN(C)CC1. The van der Waals surface area contributed by atoms with E-state index in [9.17, 15) is 4.79 Å². The van der Waals surface area contributed by atoms with Crippen molar-refractivity contribution in [3.05, 3.63) is 24.3 Å². The quantitative estimate of drug-likeness (QED) is 0.794. The van der Waals surface area contributed by atoms with E-state index in [-0.39, 0.29) is 6.03 Å². The molecule has 1 fully saturated rings. The van der Waals surface area contributed by atoms with Crippen molar-refractivity contribution in [2.24, 2.45) is 5.92 Å². The minimum atomic E-state index is -0.137. The molecule has 1 heterocycles. The molecule has 0 unspecified atom stereocenters. The molecule has 0 saturated carbocycles. The van der Waals surface area contributed by atoms with Crippen LogP contribution in [0.4, 0.5) is 16.2 Å². The van der Waals surface area contributed by atoms with E-state index in [2.05, 4.69) is 46.2 Å². The molecule has 0 aliphatic carbocycles. The Morgan fingerprint density at radius 3 is 2.60 bits per heavy atom. The standard InChI is InChI=1S/C19H33N5O/c1-5-23(4)18-9-7-6-8-17(18)21-19(25)20-14-16(2)15-24-12-10-22(3)11-13-24/h6-9,16H,5,10-15H2,1-4H3,(H2,20,21,25)/t16-/m1/s1. The molecular formula is C19H33N5O. The first-order valence-corrected chi connectivity index (χ1v) is 9.25. The number of amides is 2. The van der Waals surface area contributed by atoms with Gasteiger partial charge in [-0.25, -0.2) is 4.79 Å². The normalized spacial score (nSPS) is 17.1. The van der Waals surface area contributed by atoms with Gasteiger partial charge in [0.25, 0.3) is 0 Å². The number of hydrogen-bond acceptors (Lipinski definition) is 4. The lowest BCUT2D eigenvalue weighted by molar-refractivity contribution is 0.138. The van der Waals surface area contributed by atoms with Crippen LogP contribution in [0.15, 0.2) is 24.3 Å². The summed E-state index contributed by atoms with van der Waals surface area (Å²) < 4.78 is 0. The molecule has 2 amide bonds. The predicted octanol–water partition coefficient (Wildman–Crippen LogP) is 2.15. The summed E-state index contributed by atoms with van der Waals surface area (Å²) in [5.74, 6) is 0.433. The van der Waals surface area contributed by atoms with Gasteiger partial charge in [0.15, 0.2) is 0 Å². The molecule has 140 valence electrons. The Morgan fingerprint density at radius 1 is 1.24 bits per heavy atom. The molecule has 1 atom stereocenters. The summed E-state index contributed by atoms with van der Waals surface area (Å²) in [6.45, 7) is 11.4. The zero-order valence-electron chi connectivity index (χ0n) is 16.1. The van der Waals surface area contributed by atoms with Crippen molar-refractivity contribution in [3.63, 3.8) is 0 Å². The predicted molar refractivity (Wildman–Crippen MR) is 106 cm³/mol. The Kier molecular flexibility index (Phi) is 7.52. The van der Waals surface area contributed by atoms with Crippen LogP contribution in [-0.4, -0.2) is 75.7 Å². The lowest BCUT2D eigenvalue weighted by Crippen LogP contribution is -2.47. The van der Waals surface area contributed by atoms with Crippen molar-refractivity contribution in [1.29, 1.82) is 0 Å². The second-order valence-electron chi connectivity index (χ2n) is 7.08. The summed E-state index contributed by atoms with van der Waals surface area (Å²) in [5, 5.41) is 5.99. The van der Waals surface area contributed by atoms with Crippen LogP contribution in [0.1, 0.15) is 13.8 Å². The minimum absolute atomic E-state index is 0.137. The summed E-state index contributed by atoms with van der Waals surface area (Å²) in [5.41, 5.74) is 1.88. The molecule has 2 N–H and O–H groups in total. The molecule has 1 aromatic rings. The number of nitrogens with one attached hydrogen (secondary N) is 2. The highest BCUT2D eigenvalue weighted by atomic mass is 16.2. The van der Waals surface area contributed by atoms with Crippen molar-refractivity contribution in [2.45, 2.75) is 13.8 Å². The summed E-state index contributed by atoms with van der Waals surface area (Å²) in [6.07, 6.45) is 0. The van der Waals surface area contributed by atoms with Gasteiger partial charge in [-0.05, 0) is 32.0 Å². The van der Waals surface area contributed by atoms with Gasteiger partial charge >= 0.3 is 6.03 Å². The second kappa shape index (κ2) is 9.63. The fourth-order valence-corrected chi connectivity index (χ4v) is 3.05. The van der Waals surface area contributed by atoms with Gasteiger partial charge in [-0.2, -0.15) is 0 Å². The van der Waals surface area contributed by atoms with Crippen LogP contribution in [0.2, 0.25) is 0 Å².